The number of carbonyl (C=O) groups is 1. The third-order valence-corrected chi connectivity index (χ3v) is 5.40. The maximum atomic E-state index is 12.6. The molecule has 0 aromatic heterocycles. The predicted molar refractivity (Wildman–Crippen MR) is 95.0 cm³/mol. The summed E-state index contributed by atoms with van der Waals surface area (Å²) >= 11 is 0. The number of piperazine rings is 1. The standard InChI is InChI=1S/C19H29N3O2/c1-16-5-3-4-6-17(16)13-18(23)22-8-7-19(24,15-22)14-21-11-9-20(2)10-12-21/h3-6,24H,7-15H2,1-2H3. The molecule has 5 heteroatoms. The number of β-amino-alcohol motifs (C(OH)–C–C–N with tert-alkyl or cyclic N) is 1. The first-order valence-electron chi connectivity index (χ1n) is 8.91. The van der Waals surface area contributed by atoms with Crippen LogP contribution in [0.2, 0.25) is 0 Å². The minimum absolute atomic E-state index is 0.124. The van der Waals surface area contributed by atoms with Gasteiger partial charge >= 0.3 is 0 Å². The van der Waals surface area contributed by atoms with Gasteiger partial charge in [0.15, 0.2) is 0 Å². The minimum Gasteiger partial charge on any atom is -0.387 e. The molecule has 2 aliphatic rings. The zero-order chi connectivity index (χ0) is 17.2. The van der Waals surface area contributed by atoms with Gasteiger partial charge in [-0.05, 0) is 31.5 Å². The van der Waals surface area contributed by atoms with Crippen molar-refractivity contribution in [2.24, 2.45) is 0 Å². The summed E-state index contributed by atoms with van der Waals surface area (Å²) in [5.41, 5.74) is 1.48. The molecule has 1 atom stereocenters. The molecule has 1 aromatic carbocycles. The second-order valence-electron chi connectivity index (χ2n) is 7.47. The van der Waals surface area contributed by atoms with Crippen LogP contribution in [-0.4, -0.2) is 84.2 Å². The van der Waals surface area contributed by atoms with Gasteiger partial charge in [-0.1, -0.05) is 24.3 Å². The molecule has 2 saturated heterocycles. The van der Waals surface area contributed by atoms with Gasteiger partial charge in [0.1, 0.15) is 0 Å². The van der Waals surface area contributed by atoms with Crippen LogP contribution in [0.1, 0.15) is 17.5 Å². The lowest BCUT2D eigenvalue weighted by molar-refractivity contribution is -0.130. The highest BCUT2D eigenvalue weighted by atomic mass is 16.3. The van der Waals surface area contributed by atoms with Crippen LogP contribution in [0.15, 0.2) is 24.3 Å². The summed E-state index contributed by atoms with van der Waals surface area (Å²) in [5.74, 6) is 0.124. The molecule has 1 aromatic rings. The largest absolute Gasteiger partial charge is 0.387 e. The molecule has 1 N–H and O–H groups in total. The van der Waals surface area contributed by atoms with E-state index in [0.29, 0.717) is 32.5 Å². The molecule has 1 unspecified atom stereocenters. The first-order valence-corrected chi connectivity index (χ1v) is 8.91. The van der Waals surface area contributed by atoms with Gasteiger partial charge in [0.05, 0.1) is 18.6 Å². The zero-order valence-electron chi connectivity index (χ0n) is 14.9. The minimum atomic E-state index is -0.753. The van der Waals surface area contributed by atoms with E-state index in [0.717, 1.165) is 37.3 Å². The fourth-order valence-electron chi connectivity index (χ4n) is 3.70. The fraction of sp³-hybridized carbons (Fsp3) is 0.632. The van der Waals surface area contributed by atoms with E-state index in [9.17, 15) is 9.90 Å². The van der Waals surface area contributed by atoms with Crippen LogP contribution in [-0.2, 0) is 11.2 Å². The third kappa shape index (κ3) is 4.15. The molecule has 2 aliphatic heterocycles. The van der Waals surface area contributed by atoms with Gasteiger partial charge < -0.3 is 14.9 Å². The number of likely N-dealkylation sites (tertiary alicyclic amines) is 1. The Labute approximate surface area is 144 Å². The van der Waals surface area contributed by atoms with Gasteiger partial charge in [0.25, 0.3) is 0 Å². The normalized spacial score (nSPS) is 26.0. The zero-order valence-corrected chi connectivity index (χ0v) is 14.9. The van der Waals surface area contributed by atoms with Crippen molar-refractivity contribution < 1.29 is 9.90 Å². The molecule has 0 bridgehead atoms. The van der Waals surface area contributed by atoms with Crippen molar-refractivity contribution in [3.8, 4) is 0 Å². The topological polar surface area (TPSA) is 47.0 Å². The van der Waals surface area contributed by atoms with E-state index in [1.165, 1.54) is 0 Å². The monoisotopic (exact) mass is 331 g/mol. The number of amides is 1. The van der Waals surface area contributed by atoms with E-state index in [2.05, 4.69) is 16.8 Å². The Morgan fingerprint density at radius 1 is 1.17 bits per heavy atom. The van der Waals surface area contributed by atoms with Gasteiger partial charge in [-0.15, -0.1) is 0 Å². The molecule has 2 fully saturated rings. The summed E-state index contributed by atoms with van der Waals surface area (Å²) in [6.07, 6.45) is 1.11. The second kappa shape index (κ2) is 7.21. The van der Waals surface area contributed by atoms with Gasteiger partial charge in [0, 0.05) is 39.3 Å². The second-order valence-corrected chi connectivity index (χ2v) is 7.47. The molecule has 1 amide bonds. The summed E-state index contributed by atoms with van der Waals surface area (Å²) in [7, 11) is 2.13. The van der Waals surface area contributed by atoms with E-state index in [-0.39, 0.29) is 5.91 Å². The molecule has 132 valence electrons. The first kappa shape index (κ1) is 17.4. The van der Waals surface area contributed by atoms with Crippen molar-refractivity contribution in [1.82, 2.24) is 14.7 Å². The van der Waals surface area contributed by atoms with Crippen molar-refractivity contribution in [3.63, 3.8) is 0 Å². The van der Waals surface area contributed by atoms with Crippen molar-refractivity contribution >= 4 is 5.91 Å². The third-order valence-electron chi connectivity index (χ3n) is 5.40. The molecule has 5 nitrogen and oxygen atoms in total. The summed E-state index contributed by atoms with van der Waals surface area (Å²) in [4.78, 5) is 19.1. The Morgan fingerprint density at radius 3 is 2.58 bits per heavy atom. The molecular formula is C19H29N3O2. The van der Waals surface area contributed by atoms with Crippen molar-refractivity contribution in [2.45, 2.75) is 25.4 Å². The van der Waals surface area contributed by atoms with Crippen LogP contribution in [0.4, 0.5) is 0 Å². The van der Waals surface area contributed by atoms with Crippen LogP contribution < -0.4 is 0 Å². The molecule has 3 rings (SSSR count). The number of nitrogens with zero attached hydrogens (tertiary/aromatic N) is 3. The van der Waals surface area contributed by atoms with Crippen LogP contribution >= 0.6 is 0 Å². The van der Waals surface area contributed by atoms with Gasteiger partial charge in [-0.3, -0.25) is 9.69 Å². The van der Waals surface area contributed by atoms with Crippen LogP contribution in [0, 0.1) is 6.92 Å². The average Bonchev–Trinajstić information content (AvgIpc) is 2.94. The van der Waals surface area contributed by atoms with E-state index < -0.39 is 5.60 Å². The summed E-state index contributed by atoms with van der Waals surface area (Å²) in [5, 5.41) is 10.9. The molecule has 0 saturated carbocycles. The highest BCUT2D eigenvalue weighted by molar-refractivity contribution is 5.79. The van der Waals surface area contributed by atoms with Crippen LogP contribution in [0.3, 0.4) is 0 Å². The lowest BCUT2D eigenvalue weighted by Crippen LogP contribution is -2.52. The number of hydrogen-bond acceptors (Lipinski definition) is 4. The molecular weight excluding hydrogens is 302 g/mol. The number of rotatable bonds is 4. The lowest BCUT2D eigenvalue weighted by atomic mass is 10.0. The molecule has 2 heterocycles. The van der Waals surface area contributed by atoms with Crippen molar-refractivity contribution in [3.05, 3.63) is 35.4 Å². The maximum Gasteiger partial charge on any atom is 0.227 e. The van der Waals surface area contributed by atoms with E-state index >= 15 is 0 Å². The molecule has 24 heavy (non-hydrogen) atoms. The number of benzene rings is 1. The van der Waals surface area contributed by atoms with Crippen molar-refractivity contribution in [2.75, 3.05) is 52.9 Å². The van der Waals surface area contributed by atoms with E-state index in [1.54, 1.807) is 0 Å². The molecule has 0 aliphatic carbocycles. The highest BCUT2D eigenvalue weighted by Gasteiger charge is 2.39. The van der Waals surface area contributed by atoms with Crippen molar-refractivity contribution in [1.29, 1.82) is 0 Å². The van der Waals surface area contributed by atoms with Gasteiger partial charge in [-0.2, -0.15) is 0 Å². The number of aryl methyl sites for hydroxylation is 1. The Morgan fingerprint density at radius 2 is 1.88 bits per heavy atom. The Hall–Kier alpha value is -1.43. The average molecular weight is 331 g/mol. The molecule has 0 spiro atoms. The Bertz CT molecular complexity index is 584. The smallest absolute Gasteiger partial charge is 0.227 e. The first-order chi connectivity index (χ1) is 11.5. The molecule has 0 radical (unpaired) electrons. The fourth-order valence-corrected chi connectivity index (χ4v) is 3.70. The maximum absolute atomic E-state index is 12.6. The van der Waals surface area contributed by atoms with Gasteiger partial charge in [0.2, 0.25) is 5.91 Å². The Balaban J connectivity index is 1.54. The van der Waals surface area contributed by atoms with Crippen LogP contribution in [0.25, 0.3) is 0 Å². The SMILES string of the molecule is Cc1ccccc1CC(=O)N1CCC(O)(CN2CCN(C)CC2)C1. The van der Waals surface area contributed by atoms with Gasteiger partial charge in [-0.25, -0.2) is 0 Å². The quantitative estimate of drug-likeness (QED) is 0.884. The summed E-state index contributed by atoms with van der Waals surface area (Å²) in [6, 6.07) is 8.02. The van der Waals surface area contributed by atoms with Crippen LogP contribution in [0.5, 0.6) is 0 Å². The van der Waals surface area contributed by atoms with E-state index in [1.807, 2.05) is 36.1 Å². The Kier molecular flexibility index (Phi) is 5.23. The summed E-state index contributed by atoms with van der Waals surface area (Å²) < 4.78 is 0. The summed E-state index contributed by atoms with van der Waals surface area (Å²) in [6.45, 7) is 7.92. The highest BCUT2D eigenvalue weighted by Crippen LogP contribution is 2.24. The lowest BCUT2D eigenvalue weighted by Gasteiger charge is -2.36. The predicted octanol–water partition coefficient (Wildman–Crippen LogP) is 0.748. The number of hydrogen-bond donors (Lipinski definition) is 1. The number of carbonyl (C=O) groups excluding carboxylic acids is 1. The number of likely N-dealkylation sites (N-methyl/N-ethyl adjacent to an activating group) is 1. The van der Waals surface area contributed by atoms with E-state index in [4.69, 9.17) is 0 Å². The number of aliphatic hydroxyl groups is 1.